The van der Waals surface area contributed by atoms with Crippen LogP contribution < -0.4 is 10.5 Å². The average Bonchev–Trinajstić information content (AvgIpc) is 2.28. The zero-order valence-corrected chi connectivity index (χ0v) is 9.87. The van der Waals surface area contributed by atoms with Crippen molar-refractivity contribution in [3.63, 3.8) is 0 Å². The number of nitrogens with two attached hydrogens (primary N) is 1. The minimum absolute atomic E-state index is 0.369. The summed E-state index contributed by atoms with van der Waals surface area (Å²) in [6, 6.07) is 7.34. The van der Waals surface area contributed by atoms with E-state index >= 15 is 0 Å². The van der Waals surface area contributed by atoms with E-state index in [0.717, 1.165) is 10.6 Å². The van der Waals surface area contributed by atoms with Gasteiger partial charge in [0.25, 0.3) is 0 Å². The molecule has 0 saturated heterocycles. The van der Waals surface area contributed by atoms with E-state index in [2.05, 4.69) is 0 Å². The topological polar surface area (TPSA) is 72.5 Å². The molecule has 0 aliphatic rings. The van der Waals surface area contributed by atoms with Crippen LogP contribution in [0.5, 0.6) is 5.75 Å². The molecule has 88 valence electrons. The Bertz CT molecular complexity index is 357. The van der Waals surface area contributed by atoms with Crippen molar-refractivity contribution < 1.29 is 14.6 Å². The molecule has 5 heteroatoms. The predicted molar refractivity (Wildman–Crippen MR) is 63.9 cm³/mol. The lowest BCUT2D eigenvalue weighted by Gasteiger charge is -2.11. The molecule has 0 aromatic heterocycles. The molecule has 1 unspecified atom stereocenters. The Kier molecular flexibility index (Phi) is 5.14. The van der Waals surface area contributed by atoms with Crippen LogP contribution >= 0.6 is 11.8 Å². The molecule has 0 saturated carbocycles. The van der Waals surface area contributed by atoms with Gasteiger partial charge < -0.3 is 15.6 Å². The van der Waals surface area contributed by atoms with Crippen LogP contribution in [-0.2, 0) is 4.79 Å². The van der Waals surface area contributed by atoms with Crippen LogP contribution in [0.25, 0.3) is 0 Å². The highest BCUT2D eigenvalue weighted by Crippen LogP contribution is 2.28. The standard InChI is InChI=1S/C11H15NO3S/c1-15-8-3-2-4-9(7-8)16-10(5-6-12)11(13)14/h2-4,7,10H,5-6,12H2,1H3,(H,13,14). The maximum atomic E-state index is 10.9. The van der Waals surface area contributed by atoms with E-state index in [9.17, 15) is 4.79 Å². The Morgan fingerprint density at radius 3 is 2.94 bits per heavy atom. The van der Waals surface area contributed by atoms with E-state index in [1.807, 2.05) is 24.3 Å². The van der Waals surface area contributed by atoms with Crippen molar-refractivity contribution in [3.8, 4) is 5.75 Å². The van der Waals surface area contributed by atoms with Crippen molar-refractivity contribution in [2.45, 2.75) is 16.6 Å². The molecule has 4 nitrogen and oxygen atoms in total. The number of rotatable bonds is 6. The lowest BCUT2D eigenvalue weighted by molar-refractivity contribution is -0.136. The van der Waals surface area contributed by atoms with Gasteiger partial charge >= 0.3 is 5.97 Å². The van der Waals surface area contributed by atoms with Crippen LogP contribution in [0.15, 0.2) is 29.2 Å². The fraction of sp³-hybridized carbons (Fsp3) is 0.364. The molecule has 16 heavy (non-hydrogen) atoms. The van der Waals surface area contributed by atoms with E-state index in [-0.39, 0.29) is 0 Å². The van der Waals surface area contributed by atoms with Crippen molar-refractivity contribution in [2.75, 3.05) is 13.7 Å². The normalized spacial score (nSPS) is 12.1. The Hall–Kier alpha value is -1.20. The van der Waals surface area contributed by atoms with Gasteiger partial charge in [-0.1, -0.05) is 6.07 Å². The number of carbonyl (C=O) groups is 1. The number of carboxylic acids is 1. The third-order valence-corrected chi connectivity index (χ3v) is 3.27. The summed E-state index contributed by atoms with van der Waals surface area (Å²) >= 11 is 1.29. The lowest BCUT2D eigenvalue weighted by Crippen LogP contribution is -2.20. The van der Waals surface area contributed by atoms with Gasteiger partial charge in [-0.15, -0.1) is 11.8 Å². The number of aliphatic carboxylic acids is 1. The molecule has 0 fully saturated rings. The number of methoxy groups -OCH3 is 1. The van der Waals surface area contributed by atoms with E-state index in [0.29, 0.717) is 13.0 Å². The predicted octanol–water partition coefficient (Wildman–Crippen LogP) is 1.59. The van der Waals surface area contributed by atoms with Gasteiger partial charge in [0.1, 0.15) is 11.0 Å². The maximum Gasteiger partial charge on any atom is 0.317 e. The summed E-state index contributed by atoms with van der Waals surface area (Å²) < 4.78 is 5.07. The van der Waals surface area contributed by atoms with Crippen LogP contribution in [0.3, 0.4) is 0 Å². The van der Waals surface area contributed by atoms with E-state index < -0.39 is 11.2 Å². The SMILES string of the molecule is COc1cccc(SC(CCN)C(=O)O)c1. The molecule has 0 spiro atoms. The number of hydrogen-bond donors (Lipinski definition) is 2. The molecular weight excluding hydrogens is 226 g/mol. The van der Waals surface area contributed by atoms with Crippen molar-refractivity contribution in [2.24, 2.45) is 5.73 Å². The smallest absolute Gasteiger partial charge is 0.317 e. The third kappa shape index (κ3) is 3.75. The maximum absolute atomic E-state index is 10.9. The molecule has 0 aliphatic carbocycles. The second kappa shape index (κ2) is 6.40. The number of benzene rings is 1. The molecule has 1 atom stereocenters. The molecule has 0 heterocycles. The number of carboxylic acid groups (broad SMARTS) is 1. The number of ether oxygens (including phenoxy) is 1. The van der Waals surface area contributed by atoms with Gasteiger partial charge in [-0.2, -0.15) is 0 Å². The van der Waals surface area contributed by atoms with Crippen molar-refractivity contribution >= 4 is 17.7 Å². The van der Waals surface area contributed by atoms with Gasteiger partial charge in [0.2, 0.25) is 0 Å². The van der Waals surface area contributed by atoms with Gasteiger partial charge in [0.05, 0.1) is 7.11 Å². The summed E-state index contributed by atoms with van der Waals surface area (Å²) in [7, 11) is 1.58. The van der Waals surface area contributed by atoms with E-state index in [1.165, 1.54) is 11.8 Å². The summed E-state index contributed by atoms with van der Waals surface area (Å²) in [5.41, 5.74) is 5.38. The highest BCUT2D eigenvalue weighted by atomic mass is 32.2. The molecule has 3 N–H and O–H groups in total. The summed E-state index contributed by atoms with van der Waals surface area (Å²) in [4.78, 5) is 11.8. The highest BCUT2D eigenvalue weighted by molar-refractivity contribution is 8.00. The number of thioether (sulfide) groups is 1. The van der Waals surface area contributed by atoms with E-state index in [4.69, 9.17) is 15.6 Å². The van der Waals surface area contributed by atoms with Gasteiger partial charge in [0.15, 0.2) is 0 Å². The summed E-state index contributed by atoms with van der Waals surface area (Å²) in [5.74, 6) is -0.111. The fourth-order valence-electron chi connectivity index (χ4n) is 1.22. The average molecular weight is 241 g/mol. The Morgan fingerprint density at radius 2 is 2.38 bits per heavy atom. The quantitative estimate of drug-likeness (QED) is 0.740. The lowest BCUT2D eigenvalue weighted by atomic mass is 10.3. The van der Waals surface area contributed by atoms with Crippen LogP contribution in [0.4, 0.5) is 0 Å². The first-order chi connectivity index (χ1) is 7.67. The third-order valence-electron chi connectivity index (χ3n) is 2.02. The van der Waals surface area contributed by atoms with Crippen molar-refractivity contribution in [1.82, 2.24) is 0 Å². The van der Waals surface area contributed by atoms with Gasteiger partial charge in [0, 0.05) is 4.90 Å². The van der Waals surface area contributed by atoms with Crippen LogP contribution in [0.2, 0.25) is 0 Å². The zero-order chi connectivity index (χ0) is 12.0. The molecule has 0 radical (unpaired) electrons. The fourth-order valence-corrected chi connectivity index (χ4v) is 2.25. The summed E-state index contributed by atoms with van der Waals surface area (Å²) in [5, 5.41) is 8.48. The zero-order valence-electron chi connectivity index (χ0n) is 9.05. The summed E-state index contributed by atoms with van der Waals surface area (Å²) in [6.45, 7) is 0.369. The molecule has 1 aromatic carbocycles. The minimum atomic E-state index is -0.835. The highest BCUT2D eigenvalue weighted by Gasteiger charge is 2.17. The van der Waals surface area contributed by atoms with Crippen molar-refractivity contribution in [1.29, 1.82) is 0 Å². The molecule has 1 rings (SSSR count). The molecule has 0 amide bonds. The van der Waals surface area contributed by atoms with Gasteiger partial charge in [-0.25, -0.2) is 0 Å². The Labute approximate surface area is 98.8 Å². The van der Waals surface area contributed by atoms with Crippen LogP contribution in [0, 0.1) is 0 Å². The molecule has 0 bridgehead atoms. The first-order valence-corrected chi connectivity index (χ1v) is 5.79. The first-order valence-electron chi connectivity index (χ1n) is 4.91. The molecule has 1 aromatic rings. The molecule has 0 aliphatic heterocycles. The van der Waals surface area contributed by atoms with Crippen LogP contribution in [0.1, 0.15) is 6.42 Å². The second-order valence-corrected chi connectivity index (χ2v) is 4.48. The van der Waals surface area contributed by atoms with Crippen LogP contribution in [-0.4, -0.2) is 30.0 Å². The number of hydrogen-bond acceptors (Lipinski definition) is 4. The first kappa shape index (κ1) is 12.9. The second-order valence-electron chi connectivity index (χ2n) is 3.20. The molecular formula is C11H15NO3S. The minimum Gasteiger partial charge on any atom is -0.497 e. The van der Waals surface area contributed by atoms with Gasteiger partial charge in [-0.3, -0.25) is 4.79 Å². The Morgan fingerprint density at radius 1 is 1.62 bits per heavy atom. The Balaban J connectivity index is 2.72. The monoisotopic (exact) mass is 241 g/mol. The van der Waals surface area contributed by atoms with Crippen molar-refractivity contribution in [3.05, 3.63) is 24.3 Å². The van der Waals surface area contributed by atoms with E-state index in [1.54, 1.807) is 7.11 Å². The van der Waals surface area contributed by atoms with Gasteiger partial charge in [-0.05, 0) is 31.2 Å². The largest absolute Gasteiger partial charge is 0.497 e. The summed E-state index contributed by atoms with van der Waals surface area (Å²) in [6.07, 6.45) is 0.456.